The van der Waals surface area contributed by atoms with Gasteiger partial charge >= 0.3 is 0 Å². The van der Waals surface area contributed by atoms with Crippen LogP contribution in [0.5, 0.6) is 5.75 Å². The molecule has 5 rings (SSSR count). The number of piperidine rings is 1. The van der Waals surface area contributed by atoms with Crippen molar-refractivity contribution in [2.75, 3.05) is 44.7 Å². The molecule has 9 nitrogen and oxygen atoms in total. The monoisotopic (exact) mass is 450 g/mol. The zero-order chi connectivity index (χ0) is 23.1. The number of halogens is 1. The average molecular weight is 451 g/mol. The zero-order valence-corrected chi connectivity index (χ0v) is 18.8. The van der Waals surface area contributed by atoms with Gasteiger partial charge in [0.15, 0.2) is 5.67 Å². The SMILES string of the molecule is CNC1(C)CCN(c2cnc(-c3cc(OCC4(F)CNC4)cn4ncc(C#N)c34)cn2)CC1. The van der Waals surface area contributed by atoms with Gasteiger partial charge in [0.1, 0.15) is 24.2 Å². The number of nitrogens with zero attached hydrogens (tertiary/aromatic N) is 6. The number of ether oxygens (including phenoxy) is 1. The van der Waals surface area contributed by atoms with Crippen molar-refractivity contribution in [3.8, 4) is 23.1 Å². The van der Waals surface area contributed by atoms with Crippen LogP contribution < -0.4 is 20.3 Å². The molecule has 0 radical (unpaired) electrons. The third-order valence-corrected chi connectivity index (χ3v) is 6.80. The van der Waals surface area contributed by atoms with Gasteiger partial charge in [0.05, 0.1) is 41.6 Å². The number of rotatable bonds is 6. The fourth-order valence-corrected chi connectivity index (χ4v) is 4.27. The molecule has 5 heterocycles. The van der Waals surface area contributed by atoms with Crippen molar-refractivity contribution in [1.82, 2.24) is 30.2 Å². The number of aromatic nitrogens is 4. The van der Waals surface area contributed by atoms with Gasteiger partial charge in [-0.15, -0.1) is 0 Å². The third-order valence-electron chi connectivity index (χ3n) is 6.80. The van der Waals surface area contributed by atoms with Gasteiger partial charge in [-0.2, -0.15) is 10.4 Å². The predicted molar refractivity (Wildman–Crippen MR) is 122 cm³/mol. The van der Waals surface area contributed by atoms with Gasteiger partial charge in [-0.25, -0.2) is 13.9 Å². The minimum atomic E-state index is -1.36. The quantitative estimate of drug-likeness (QED) is 0.587. The van der Waals surface area contributed by atoms with Crippen molar-refractivity contribution < 1.29 is 9.13 Å². The van der Waals surface area contributed by atoms with E-state index < -0.39 is 5.67 Å². The van der Waals surface area contributed by atoms with E-state index in [4.69, 9.17) is 4.74 Å². The van der Waals surface area contributed by atoms with Crippen molar-refractivity contribution in [2.45, 2.75) is 31.0 Å². The fourth-order valence-electron chi connectivity index (χ4n) is 4.27. The number of hydrogen-bond acceptors (Lipinski definition) is 8. The summed E-state index contributed by atoms with van der Waals surface area (Å²) in [4.78, 5) is 11.5. The molecule has 172 valence electrons. The third kappa shape index (κ3) is 4.10. The number of alkyl halides is 1. The van der Waals surface area contributed by atoms with Gasteiger partial charge in [-0.1, -0.05) is 0 Å². The molecular weight excluding hydrogens is 423 g/mol. The van der Waals surface area contributed by atoms with Crippen LogP contribution in [0.2, 0.25) is 0 Å². The smallest absolute Gasteiger partial charge is 0.169 e. The van der Waals surface area contributed by atoms with Crippen LogP contribution in [-0.2, 0) is 0 Å². The maximum absolute atomic E-state index is 14.4. The lowest BCUT2D eigenvalue weighted by molar-refractivity contribution is 0.0345. The molecule has 2 N–H and O–H groups in total. The molecule has 10 heteroatoms. The van der Waals surface area contributed by atoms with Crippen molar-refractivity contribution in [1.29, 1.82) is 5.26 Å². The van der Waals surface area contributed by atoms with E-state index in [-0.39, 0.29) is 25.2 Å². The Labute approximate surface area is 191 Å². The number of fused-ring (bicyclic) bond motifs is 1. The van der Waals surface area contributed by atoms with Crippen LogP contribution >= 0.6 is 0 Å². The molecular formula is C23H27FN8O. The summed E-state index contributed by atoms with van der Waals surface area (Å²) in [7, 11) is 2.01. The van der Waals surface area contributed by atoms with Gasteiger partial charge in [0.25, 0.3) is 0 Å². The number of nitriles is 1. The molecule has 33 heavy (non-hydrogen) atoms. The van der Waals surface area contributed by atoms with E-state index in [1.54, 1.807) is 29.2 Å². The van der Waals surface area contributed by atoms with Gasteiger partial charge in [-0.05, 0) is 32.9 Å². The molecule has 0 bridgehead atoms. The number of pyridine rings is 1. The van der Waals surface area contributed by atoms with Gasteiger partial charge in [0, 0.05) is 37.3 Å². The molecule has 0 amide bonds. The molecule has 2 aliphatic heterocycles. The van der Waals surface area contributed by atoms with Gasteiger partial charge in [-0.3, -0.25) is 4.98 Å². The predicted octanol–water partition coefficient (Wildman–Crippen LogP) is 1.93. The van der Waals surface area contributed by atoms with Crippen molar-refractivity contribution >= 4 is 11.3 Å². The van der Waals surface area contributed by atoms with E-state index in [1.807, 2.05) is 7.05 Å². The molecule has 2 fully saturated rings. The van der Waals surface area contributed by atoms with Gasteiger partial charge in [0.2, 0.25) is 0 Å². The summed E-state index contributed by atoms with van der Waals surface area (Å²) >= 11 is 0. The summed E-state index contributed by atoms with van der Waals surface area (Å²) in [5.74, 6) is 1.29. The van der Waals surface area contributed by atoms with Crippen LogP contribution in [-0.4, -0.2) is 70.6 Å². The van der Waals surface area contributed by atoms with E-state index in [1.165, 1.54) is 6.20 Å². The minimum Gasteiger partial charge on any atom is -0.489 e. The minimum absolute atomic E-state index is 0.0531. The maximum atomic E-state index is 14.4. The molecule has 2 saturated heterocycles. The molecule has 0 aromatic carbocycles. The number of anilines is 1. The first-order valence-electron chi connectivity index (χ1n) is 11.1. The van der Waals surface area contributed by atoms with Gasteiger partial charge < -0.3 is 20.3 Å². The van der Waals surface area contributed by atoms with Crippen LogP contribution in [0.3, 0.4) is 0 Å². The Morgan fingerprint density at radius 1 is 1.24 bits per heavy atom. The summed E-state index contributed by atoms with van der Waals surface area (Å²) in [5.41, 5.74) is 1.10. The van der Waals surface area contributed by atoms with Crippen molar-refractivity contribution in [3.63, 3.8) is 0 Å². The van der Waals surface area contributed by atoms with Crippen LogP contribution in [0.15, 0.2) is 30.9 Å². The van der Waals surface area contributed by atoms with E-state index in [0.717, 1.165) is 31.7 Å². The second kappa shape index (κ2) is 8.24. The maximum Gasteiger partial charge on any atom is 0.169 e. The van der Waals surface area contributed by atoms with E-state index in [9.17, 15) is 9.65 Å². The highest BCUT2D eigenvalue weighted by atomic mass is 19.1. The fraction of sp³-hybridized carbons (Fsp3) is 0.478. The molecule has 0 aliphatic carbocycles. The van der Waals surface area contributed by atoms with Crippen LogP contribution in [0.1, 0.15) is 25.3 Å². The molecule has 0 saturated carbocycles. The number of hydrogen-bond donors (Lipinski definition) is 2. The topological polar surface area (TPSA) is 103 Å². The Kier molecular flexibility index (Phi) is 5.38. The average Bonchev–Trinajstić information content (AvgIpc) is 3.25. The molecule has 3 aromatic heterocycles. The normalized spacial score (nSPS) is 19.2. The highest BCUT2D eigenvalue weighted by molar-refractivity contribution is 5.83. The Balaban J connectivity index is 1.43. The lowest BCUT2D eigenvalue weighted by atomic mass is 9.90. The molecule has 0 atom stereocenters. The van der Waals surface area contributed by atoms with E-state index in [2.05, 4.69) is 43.6 Å². The van der Waals surface area contributed by atoms with Crippen molar-refractivity contribution in [2.24, 2.45) is 0 Å². The zero-order valence-electron chi connectivity index (χ0n) is 18.8. The van der Waals surface area contributed by atoms with Crippen LogP contribution in [0, 0.1) is 11.3 Å². The van der Waals surface area contributed by atoms with Crippen molar-refractivity contribution in [3.05, 3.63) is 36.4 Å². The Morgan fingerprint density at radius 3 is 2.64 bits per heavy atom. The molecule has 0 unspecified atom stereocenters. The molecule has 3 aromatic rings. The second-order valence-electron chi connectivity index (χ2n) is 9.15. The Bertz CT molecular complexity index is 1190. The van der Waals surface area contributed by atoms with E-state index >= 15 is 0 Å². The summed E-state index contributed by atoms with van der Waals surface area (Å²) in [5, 5.41) is 20.2. The van der Waals surface area contributed by atoms with Crippen LogP contribution in [0.4, 0.5) is 10.2 Å². The summed E-state index contributed by atoms with van der Waals surface area (Å²) < 4.78 is 21.7. The first-order valence-corrected chi connectivity index (χ1v) is 11.1. The summed E-state index contributed by atoms with van der Waals surface area (Å²) in [6.45, 7) is 4.55. The first-order chi connectivity index (χ1) is 15.9. The Morgan fingerprint density at radius 2 is 2.03 bits per heavy atom. The highest BCUT2D eigenvalue weighted by Gasteiger charge is 2.38. The summed E-state index contributed by atoms with van der Waals surface area (Å²) in [6, 6.07) is 3.95. The molecule has 0 spiro atoms. The molecule has 2 aliphatic rings. The van der Waals surface area contributed by atoms with Crippen LogP contribution in [0.25, 0.3) is 16.8 Å². The second-order valence-corrected chi connectivity index (χ2v) is 9.15. The Hall–Kier alpha value is -3.29. The number of nitrogens with one attached hydrogen (secondary N) is 2. The highest BCUT2D eigenvalue weighted by Crippen LogP contribution is 2.31. The largest absolute Gasteiger partial charge is 0.489 e. The standard InChI is InChI=1S/C23H27FN8O/c1-22(26-2)3-5-31(6-4-22)20-11-28-19(10-29-20)18-7-17(33-15-23(24)13-27-14-23)12-32-21(18)16(8-25)9-30-32/h7,9-12,26-27H,3-6,13-15H2,1-2H3. The summed E-state index contributed by atoms with van der Waals surface area (Å²) in [6.07, 6.45) is 8.69. The lowest BCUT2D eigenvalue weighted by Crippen LogP contribution is -2.59. The lowest BCUT2D eigenvalue weighted by Gasteiger charge is -2.39. The van der Waals surface area contributed by atoms with E-state index in [0.29, 0.717) is 28.1 Å². The first kappa shape index (κ1) is 21.6.